The average Bonchev–Trinajstić information content (AvgIpc) is 2.16. The number of aliphatic carboxylic acids is 1. The summed E-state index contributed by atoms with van der Waals surface area (Å²) in [6.07, 6.45) is -0.440. The number of carboxylic acids is 1. The van der Waals surface area contributed by atoms with Crippen LogP contribution in [-0.4, -0.2) is 42.9 Å². The Kier molecular flexibility index (Phi) is 6.20. The normalized spacial score (nSPS) is 12.5. The summed E-state index contributed by atoms with van der Waals surface area (Å²) < 4.78 is 23.0. The summed E-state index contributed by atoms with van der Waals surface area (Å²) in [5.74, 6) is -2.71. The van der Waals surface area contributed by atoms with Crippen molar-refractivity contribution >= 4 is 21.7 Å². The number of rotatable bonds is 7. The minimum Gasteiger partial charge on any atom is -0.481 e. The Morgan fingerprint density at radius 2 is 2.06 bits per heavy atom. The molecule has 1 atom stereocenters. The zero-order valence-corrected chi connectivity index (χ0v) is 10.2. The number of carboxylic acid groups (broad SMARTS) is 1. The third-order valence-electron chi connectivity index (χ3n) is 1.97. The summed E-state index contributed by atoms with van der Waals surface area (Å²) in [6, 6.07) is 1.79. The third-order valence-corrected chi connectivity index (χ3v) is 4.02. The number of hydrogen-bond acceptors (Lipinski definition) is 5. The molecular formula is C9H14N2O5S. The molecule has 17 heavy (non-hydrogen) atoms. The molecule has 96 valence electrons. The van der Waals surface area contributed by atoms with Gasteiger partial charge in [0.25, 0.3) is 0 Å². The van der Waals surface area contributed by atoms with Gasteiger partial charge in [0.05, 0.1) is 24.2 Å². The van der Waals surface area contributed by atoms with E-state index in [9.17, 15) is 18.0 Å². The molecule has 0 aliphatic heterocycles. The van der Waals surface area contributed by atoms with E-state index in [1.54, 1.807) is 6.07 Å². The number of amides is 1. The predicted molar refractivity (Wildman–Crippen MR) is 58.7 cm³/mol. The first-order valence-electron chi connectivity index (χ1n) is 4.86. The number of carbonyl (C=O) groups excluding carboxylic acids is 1. The van der Waals surface area contributed by atoms with Crippen LogP contribution in [0.3, 0.4) is 0 Å². The van der Waals surface area contributed by atoms with Gasteiger partial charge in [-0.05, 0) is 6.92 Å². The van der Waals surface area contributed by atoms with Gasteiger partial charge in [0.2, 0.25) is 5.91 Å². The van der Waals surface area contributed by atoms with Crippen LogP contribution in [0.2, 0.25) is 0 Å². The van der Waals surface area contributed by atoms with Crippen LogP contribution in [0.25, 0.3) is 0 Å². The van der Waals surface area contributed by atoms with Crippen LogP contribution in [0.15, 0.2) is 0 Å². The molecule has 0 saturated carbocycles. The lowest BCUT2D eigenvalue weighted by molar-refractivity contribution is -0.137. The maximum atomic E-state index is 11.5. The van der Waals surface area contributed by atoms with Crippen molar-refractivity contribution in [3.8, 4) is 6.07 Å². The number of hydrogen-bond donors (Lipinski definition) is 2. The van der Waals surface area contributed by atoms with E-state index in [0.717, 1.165) is 0 Å². The van der Waals surface area contributed by atoms with Crippen LogP contribution in [0.5, 0.6) is 0 Å². The van der Waals surface area contributed by atoms with E-state index in [2.05, 4.69) is 5.32 Å². The molecule has 0 aromatic rings. The maximum absolute atomic E-state index is 11.5. The van der Waals surface area contributed by atoms with Crippen molar-refractivity contribution in [3.05, 3.63) is 0 Å². The smallest absolute Gasteiger partial charge is 0.304 e. The number of nitriles is 1. The topological polar surface area (TPSA) is 124 Å². The third kappa shape index (κ3) is 6.52. The summed E-state index contributed by atoms with van der Waals surface area (Å²) in [4.78, 5) is 21.5. The fourth-order valence-corrected chi connectivity index (χ4v) is 2.16. The molecule has 0 saturated heterocycles. The molecule has 0 aromatic heterocycles. The molecule has 0 radical (unpaired) electrons. The van der Waals surface area contributed by atoms with Gasteiger partial charge >= 0.3 is 5.97 Å². The molecule has 1 amide bonds. The van der Waals surface area contributed by atoms with E-state index in [-0.39, 0.29) is 13.0 Å². The second-order valence-electron chi connectivity index (χ2n) is 3.47. The van der Waals surface area contributed by atoms with Crippen LogP contribution in [-0.2, 0) is 19.4 Å². The van der Waals surface area contributed by atoms with Crippen LogP contribution in [0, 0.1) is 11.3 Å². The van der Waals surface area contributed by atoms with Gasteiger partial charge in [0.1, 0.15) is 5.75 Å². The van der Waals surface area contributed by atoms with Crippen LogP contribution in [0.1, 0.15) is 19.8 Å². The highest BCUT2D eigenvalue weighted by molar-refractivity contribution is 7.92. The van der Waals surface area contributed by atoms with Gasteiger partial charge in [-0.3, -0.25) is 9.59 Å². The van der Waals surface area contributed by atoms with Gasteiger partial charge in [-0.2, -0.15) is 5.26 Å². The van der Waals surface area contributed by atoms with Gasteiger partial charge < -0.3 is 10.4 Å². The summed E-state index contributed by atoms with van der Waals surface area (Å²) in [6.45, 7) is 1.32. The Morgan fingerprint density at radius 3 is 2.53 bits per heavy atom. The molecule has 0 bridgehead atoms. The summed E-state index contributed by atoms with van der Waals surface area (Å²) >= 11 is 0. The maximum Gasteiger partial charge on any atom is 0.304 e. The van der Waals surface area contributed by atoms with Gasteiger partial charge in [-0.15, -0.1) is 0 Å². The number of nitrogens with zero attached hydrogens (tertiary/aromatic N) is 1. The van der Waals surface area contributed by atoms with Gasteiger partial charge in [-0.25, -0.2) is 8.42 Å². The Labute approximate surface area is 99.3 Å². The first-order valence-corrected chi connectivity index (χ1v) is 6.58. The van der Waals surface area contributed by atoms with Crippen LogP contribution < -0.4 is 5.32 Å². The largest absolute Gasteiger partial charge is 0.481 e. The lowest BCUT2D eigenvalue weighted by Gasteiger charge is -2.10. The highest BCUT2D eigenvalue weighted by atomic mass is 32.2. The van der Waals surface area contributed by atoms with Crippen molar-refractivity contribution in [2.24, 2.45) is 0 Å². The first-order chi connectivity index (χ1) is 7.79. The fourth-order valence-electron chi connectivity index (χ4n) is 1.01. The number of carbonyl (C=O) groups is 2. The van der Waals surface area contributed by atoms with E-state index in [4.69, 9.17) is 10.4 Å². The zero-order valence-electron chi connectivity index (χ0n) is 9.34. The highest BCUT2D eigenvalue weighted by Gasteiger charge is 2.26. The number of sulfone groups is 1. The Morgan fingerprint density at radius 1 is 1.47 bits per heavy atom. The molecule has 0 aliphatic rings. The molecule has 0 fully saturated rings. The van der Waals surface area contributed by atoms with Crippen molar-refractivity contribution in [2.45, 2.75) is 25.0 Å². The molecule has 0 rings (SSSR count). The van der Waals surface area contributed by atoms with E-state index in [0.29, 0.717) is 0 Å². The second kappa shape index (κ2) is 6.85. The second-order valence-corrected chi connectivity index (χ2v) is 5.89. The van der Waals surface area contributed by atoms with Crippen molar-refractivity contribution in [1.29, 1.82) is 5.26 Å². The molecule has 8 heteroatoms. The van der Waals surface area contributed by atoms with Crippen LogP contribution >= 0.6 is 0 Å². The fraction of sp³-hybridized carbons (Fsp3) is 0.667. The Hall–Kier alpha value is -1.62. The van der Waals surface area contributed by atoms with E-state index >= 15 is 0 Å². The lowest BCUT2D eigenvalue weighted by atomic mass is 10.3. The molecule has 7 nitrogen and oxygen atoms in total. The Bertz CT molecular complexity index is 423. The summed E-state index contributed by atoms with van der Waals surface area (Å²) in [5, 5.41) is 17.8. The predicted octanol–water partition coefficient (Wildman–Crippen LogP) is -0.706. The van der Waals surface area contributed by atoms with Crippen molar-refractivity contribution in [3.63, 3.8) is 0 Å². The quantitative estimate of drug-likeness (QED) is 0.584. The molecule has 0 heterocycles. The monoisotopic (exact) mass is 262 g/mol. The summed E-state index contributed by atoms with van der Waals surface area (Å²) in [7, 11) is -3.77. The van der Waals surface area contributed by atoms with E-state index < -0.39 is 39.1 Å². The van der Waals surface area contributed by atoms with E-state index in [1.807, 2.05) is 0 Å². The number of nitrogens with one attached hydrogen (secondary N) is 1. The average molecular weight is 262 g/mol. The standard InChI is InChI=1S/C9H14N2O5S/c1-7(5-9(13)14)17(15,16)6-8(12)11-4-2-3-10/h7H,2,4-6H2,1H3,(H,11,12)(H,13,14). The minimum atomic E-state index is -3.77. The van der Waals surface area contributed by atoms with Crippen molar-refractivity contribution < 1.29 is 23.1 Å². The van der Waals surface area contributed by atoms with Gasteiger partial charge in [0.15, 0.2) is 9.84 Å². The zero-order chi connectivity index (χ0) is 13.5. The summed E-state index contributed by atoms with van der Waals surface area (Å²) in [5.41, 5.74) is 0. The minimum absolute atomic E-state index is 0.0815. The highest BCUT2D eigenvalue weighted by Crippen LogP contribution is 2.06. The van der Waals surface area contributed by atoms with Crippen molar-refractivity contribution in [1.82, 2.24) is 5.32 Å². The lowest BCUT2D eigenvalue weighted by Crippen LogP contribution is -2.35. The Balaban J connectivity index is 4.30. The molecule has 0 aliphatic carbocycles. The first kappa shape index (κ1) is 15.4. The van der Waals surface area contributed by atoms with Crippen molar-refractivity contribution in [2.75, 3.05) is 12.3 Å². The van der Waals surface area contributed by atoms with Gasteiger partial charge in [-0.1, -0.05) is 0 Å². The molecule has 1 unspecified atom stereocenters. The van der Waals surface area contributed by atoms with E-state index in [1.165, 1.54) is 6.92 Å². The van der Waals surface area contributed by atoms with Crippen LogP contribution in [0.4, 0.5) is 0 Å². The molecule has 0 spiro atoms. The SMILES string of the molecule is CC(CC(=O)O)S(=O)(=O)CC(=O)NCCC#N. The molecule has 2 N–H and O–H groups in total. The molecule has 0 aromatic carbocycles. The molecular weight excluding hydrogens is 248 g/mol. The van der Waals surface area contributed by atoms with Gasteiger partial charge in [0, 0.05) is 6.54 Å².